The molecule has 2 aromatic heterocycles. The van der Waals surface area contributed by atoms with Crippen LogP contribution in [0.3, 0.4) is 0 Å². The number of carbonyl (C=O) groups is 1. The van der Waals surface area contributed by atoms with E-state index in [1.165, 1.54) is 16.7 Å². The minimum atomic E-state index is -0.298. The molecule has 190 valence electrons. The van der Waals surface area contributed by atoms with Crippen molar-refractivity contribution in [2.45, 2.75) is 65.8 Å². The number of morpholine rings is 1. The summed E-state index contributed by atoms with van der Waals surface area (Å²) in [6, 6.07) is 5.67. The van der Waals surface area contributed by atoms with Gasteiger partial charge in [-0.2, -0.15) is 5.26 Å². The fraction of sp³-hybridized carbons (Fsp3) is 0.462. The van der Waals surface area contributed by atoms with Crippen molar-refractivity contribution in [2.75, 3.05) is 18.0 Å². The van der Waals surface area contributed by atoms with E-state index in [1.54, 1.807) is 36.0 Å². The second kappa shape index (κ2) is 11.0. The normalized spacial score (nSPS) is 21.5. The average Bonchev–Trinajstić information content (AvgIpc) is 3.43. The van der Waals surface area contributed by atoms with E-state index in [-0.39, 0.29) is 35.8 Å². The molecule has 2 unspecified atom stereocenters. The van der Waals surface area contributed by atoms with Crippen molar-refractivity contribution >= 4 is 46.1 Å². The molecule has 0 saturated carbocycles. The van der Waals surface area contributed by atoms with Gasteiger partial charge in [0.1, 0.15) is 27.5 Å². The second-order valence-corrected chi connectivity index (χ2v) is 10.8. The third kappa shape index (κ3) is 5.14. The molecular formula is C26H30N4O4S2. The van der Waals surface area contributed by atoms with Crippen molar-refractivity contribution in [1.82, 2.24) is 9.47 Å². The number of amides is 1. The predicted octanol–water partition coefficient (Wildman–Crippen LogP) is 4.44. The van der Waals surface area contributed by atoms with Gasteiger partial charge in [-0.3, -0.25) is 19.1 Å². The molecule has 1 amide bonds. The summed E-state index contributed by atoms with van der Waals surface area (Å²) < 4.78 is 13.5. The van der Waals surface area contributed by atoms with Crippen LogP contribution >= 0.6 is 24.0 Å². The van der Waals surface area contributed by atoms with Crippen LogP contribution < -0.4 is 10.5 Å². The smallest absolute Gasteiger partial charge is 0.270 e. The van der Waals surface area contributed by atoms with Gasteiger partial charge < -0.3 is 14.1 Å². The van der Waals surface area contributed by atoms with Gasteiger partial charge in [0.15, 0.2) is 0 Å². The maximum atomic E-state index is 13.4. The van der Waals surface area contributed by atoms with E-state index in [2.05, 4.69) is 17.9 Å². The van der Waals surface area contributed by atoms with Gasteiger partial charge >= 0.3 is 0 Å². The molecule has 2 aliphatic heterocycles. The fourth-order valence-electron chi connectivity index (χ4n) is 4.69. The van der Waals surface area contributed by atoms with Crippen LogP contribution in [0.2, 0.25) is 0 Å². The van der Waals surface area contributed by atoms with Crippen LogP contribution in [0.5, 0.6) is 0 Å². The number of hydrogen-bond donors (Lipinski definition) is 0. The molecule has 0 aromatic carbocycles. The predicted molar refractivity (Wildman–Crippen MR) is 145 cm³/mol. The number of furan rings is 1. The number of aromatic nitrogens is 1. The van der Waals surface area contributed by atoms with E-state index in [9.17, 15) is 14.9 Å². The highest BCUT2D eigenvalue weighted by Crippen LogP contribution is 2.37. The molecule has 4 rings (SSSR count). The lowest BCUT2D eigenvalue weighted by Gasteiger charge is -2.39. The number of pyridine rings is 1. The van der Waals surface area contributed by atoms with Gasteiger partial charge in [-0.1, -0.05) is 37.3 Å². The van der Waals surface area contributed by atoms with E-state index in [0.717, 1.165) is 18.7 Å². The molecule has 4 heterocycles. The standard InChI is InChI=1S/C26H30N4O4S2/c1-5-6-9-29-23(28-13-16(2)34-17(3)14-28)20(18(4)21(12-27)24(29)31)11-22-25(32)30(26(35)36-22)15-19-8-7-10-33-19/h7-8,10-11,16-17H,5-6,9,13-15H2,1-4H3/b22-11-. The number of nitrogens with zero attached hydrogens (tertiary/aromatic N) is 4. The first-order valence-electron chi connectivity index (χ1n) is 12.1. The Bertz CT molecular complexity index is 1280. The Kier molecular flexibility index (Phi) is 8.03. The minimum Gasteiger partial charge on any atom is -0.467 e. The zero-order chi connectivity index (χ0) is 26.0. The highest BCUT2D eigenvalue weighted by molar-refractivity contribution is 8.26. The molecule has 2 atom stereocenters. The maximum Gasteiger partial charge on any atom is 0.270 e. The topological polar surface area (TPSA) is 91.7 Å². The Morgan fingerprint density at radius 3 is 2.61 bits per heavy atom. The second-order valence-electron chi connectivity index (χ2n) is 9.17. The average molecular weight is 527 g/mol. The number of thioether (sulfide) groups is 1. The molecule has 36 heavy (non-hydrogen) atoms. The van der Waals surface area contributed by atoms with Gasteiger partial charge in [-0.15, -0.1) is 0 Å². The Morgan fingerprint density at radius 1 is 1.28 bits per heavy atom. The summed E-state index contributed by atoms with van der Waals surface area (Å²) in [6.45, 7) is 9.78. The largest absolute Gasteiger partial charge is 0.467 e. The number of unbranched alkanes of at least 4 members (excludes halogenated alkanes) is 1. The summed E-state index contributed by atoms with van der Waals surface area (Å²) in [7, 11) is 0. The molecule has 8 nitrogen and oxygen atoms in total. The van der Waals surface area contributed by atoms with Crippen LogP contribution in [0, 0.1) is 18.3 Å². The first-order chi connectivity index (χ1) is 17.2. The monoisotopic (exact) mass is 526 g/mol. The summed E-state index contributed by atoms with van der Waals surface area (Å²) in [5, 5.41) is 9.87. The molecule has 2 fully saturated rings. The highest BCUT2D eigenvalue weighted by atomic mass is 32.2. The summed E-state index contributed by atoms with van der Waals surface area (Å²) in [4.78, 5) is 30.9. The van der Waals surface area contributed by atoms with Crippen molar-refractivity contribution in [3.05, 3.63) is 56.1 Å². The fourth-order valence-corrected chi connectivity index (χ4v) is 5.92. The zero-order valence-electron chi connectivity index (χ0n) is 20.9. The third-order valence-corrected chi connectivity index (χ3v) is 7.72. The Hall–Kier alpha value is -2.87. The van der Waals surface area contributed by atoms with Crippen LogP contribution in [0.25, 0.3) is 6.08 Å². The number of hydrogen-bond acceptors (Lipinski definition) is 8. The quantitative estimate of drug-likeness (QED) is 0.386. The van der Waals surface area contributed by atoms with E-state index in [4.69, 9.17) is 21.4 Å². The Balaban J connectivity index is 1.86. The molecule has 2 saturated heterocycles. The van der Waals surface area contributed by atoms with Crippen LogP contribution in [0.4, 0.5) is 5.82 Å². The number of anilines is 1. The summed E-state index contributed by atoms with van der Waals surface area (Å²) in [5.74, 6) is 1.14. The molecule has 2 aliphatic rings. The van der Waals surface area contributed by atoms with Gasteiger partial charge in [0, 0.05) is 25.2 Å². The van der Waals surface area contributed by atoms with E-state index in [1.807, 2.05) is 13.8 Å². The Morgan fingerprint density at radius 2 is 2.00 bits per heavy atom. The molecule has 0 N–H and O–H groups in total. The first kappa shape index (κ1) is 26.2. The van der Waals surface area contributed by atoms with Gasteiger partial charge in [0.25, 0.3) is 11.5 Å². The van der Waals surface area contributed by atoms with Crippen LogP contribution in [0.1, 0.15) is 56.1 Å². The molecule has 0 aliphatic carbocycles. The van der Waals surface area contributed by atoms with E-state index in [0.29, 0.717) is 45.7 Å². The van der Waals surface area contributed by atoms with Gasteiger partial charge in [0.2, 0.25) is 0 Å². The van der Waals surface area contributed by atoms with Crippen molar-refractivity contribution in [1.29, 1.82) is 5.26 Å². The number of rotatable bonds is 7. The first-order valence-corrected chi connectivity index (χ1v) is 13.3. The number of thiocarbonyl (C=S) groups is 1. The molecule has 0 radical (unpaired) electrons. The van der Waals surface area contributed by atoms with Crippen molar-refractivity contribution in [3.63, 3.8) is 0 Å². The van der Waals surface area contributed by atoms with Gasteiger partial charge in [-0.25, -0.2) is 0 Å². The lowest BCUT2D eigenvalue weighted by Crippen LogP contribution is -2.48. The van der Waals surface area contributed by atoms with E-state index < -0.39 is 0 Å². The Labute approximate surface area is 220 Å². The van der Waals surface area contributed by atoms with Crippen LogP contribution in [-0.4, -0.2) is 45.0 Å². The molecule has 2 aromatic rings. The van der Waals surface area contributed by atoms with Crippen LogP contribution in [-0.2, 0) is 22.6 Å². The molecule has 0 bridgehead atoms. The number of carbonyl (C=O) groups excluding carboxylic acids is 1. The van der Waals surface area contributed by atoms with Crippen molar-refractivity contribution in [3.8, 4) is 6.07 Å². The number of nitriles is 1. The van der Waals surface area contributed by atoms with E-state index >= 15 is 0 Å². The summed E-state index contributed by atoms with van der Waals surface area (Å²) in [6.07, 6.45) is 4.99. The van der Waals surface area contributed by atoms with Crippen LogP contribution in [0.15, 0.2) is 32.5 Å². The lowest BCUT2D eigenvalue weighted by atomic mass is 10.0. The third-order valence-electron chi connectivity index (χ3n) is 6.34. The molecular weight excluding hydrogens is 496 g/mol. The van der Waals surface area contributed by atoms with Crippen molar-refractivity contribution in [2.24, 2.45) is 0 Å². The minimum absolute atomic E-state index is 0.0289. The molecule has 0 spiro atoms. The summed E-state index contributed by atoms with van der Waals surface area (Å²) >= 11 is 6.73. The van der Waals surface area contributed by atoms with Gasteiger partial charge in [0.05, 0.1) is 29.9 Å². The molecule has 10 heteroatoms. The SMILES string of the molecule is CCCCn1c(N2CC(C)OC(C)C2)c(/C=C2\SC(=S)N(Cc3ccco3)C2=O)c(C)c(C#N)c1=O. The summed E-state index contributed by atoms with van der Waals surface area (Å²) in [5.41, 5.74) is 1.06. The number of ether oxygens (including phenoxy) is 1. The van der Waals surface area contributed by atoms with Gasteiger partial charge in [-0.05, 0) is 51.0 Å². The zero-order valence-corrected chi connectivity index (χ0v) is 22.6. The maximum absolute atomic E-state index is 13.4. The highest BCUT2D eigenvalue weighted by Gasteiger charge is 2.34. The van der Waals surface area contributed by atoms with Crippen molar-refractivity contribution < 1.29 is 13.9 Å². The lowest BCUT2D eigenvalue weighted by molar-refractivity contribution is -0.122.